The number of rotatable bonds is 7. The Labute approximate surface area is 179 Å². The summed E-state index contributed by atoms with van der Waals surface area (Å²) in [6.45, 7) is 1.28. The molecule has 1 N–H and O–H groups in total. The average Bonchev–Trinajstić information content (AvgIpc) is 3.27. The van der Waals surface area contributed by atoms with Gasteiger partial charge in [0.25, 0.3) is 5.91 Å². The minimum Gasteiger partial charge on any atom is -0.482 e. The summed E-state index contributed by atoms with van der Waals surface area (Å²) >= 11 is 0. The number of carbonyl (C=O) groups excluding carboxylic acids is 2. The Bertz CT molecular complexity index is 1180. The highest BCUT2D eigenvalue weighted by Gasteiger charge is 2.19. The molecule has 4 rings (SSSR count). The maximum Gasteiger partial charge on any atom is 0.344 e. The van der Waals surface area contributed by atoms with E-state index in [0.717, 1.165) is 42.2 Å². The summed E-state index contributed by atoms with van der Waals surface area (Å²) in [4.78, 5) is 36.0. The average molecular weight is 421 g/mol. The molecule has 1 aliphatic carbocycles. The first-order chi connectivity index (χ1) is 15.0. The van der Waals surface area contributed by atoms with Crippen molar-refractivity contribution in [2.45, 2.75) is 32.6 Å². The van der Waals surface area contributed by atoms with Crippen LogP contribution in [0.25, 0.3) is 11.0 Å². The fraction of sp³-hybridized carbons (Fsp3) is 0.292. The molecule has 0 saturated carbocycles. The highest BCUT2D eigenvalue weighted by molar-refractivity contribution is 5.92. The van der Waals surface area contributed by atoms with E-state index in [-0.39, 0.29) is 12.2 Å². The van der Waals surface area contributed by atoms with Gasteiger partial charge in [-0.25, -0.2) is 9.59 Å². The highest BCUT2D eigenvalue weighted by atomic mass is 16.6. The van der Waals surface area contributed by atoms with Crippen LogP contribution >= 0.6 is 0 Å². The van der Waals surface area contributed by atoms with Crippen LogP contribution < -0.4 is 15.7 Å². The Hall–Kier alpha value is -3.61. The van der Waals surface area contributed by atoms with Gasteiger partial charge in [-0.2, -0.15) is 0 Å². The lowest BCUT2D eigenvalue weighted by Crippen LogP contribution is -2.23. The van der Waals surface area contributed by atoms with Gasteiger partial charge in [-0.1, -0.05) is 19.1 Å². The molecule has 0 aliphatic heterocycles. The summed E-state index contributed by atoms with van der Waals surface area (Å²) in [6.07, 6.45) is 3.46. The van der Waals surface area contributed by atoms with Gasteiger partial charge in [0, 0.05) is 22.7 Å². The van der Waals surface area contributed by atoms with Gasteiger partial charge in [-0.15, -0.1) is 0 Å². The van der Waals surface area contributed by atoms with Crippen molar-refractivity contribution in [1.29, 1.82) is 0 Å². The number of benzene rings is 2. The van der Waals surface area contributed by atoms with Crippen molar-refractivity contribution in [1.82, 2.24) is 0 Å². The quantitative estimate of drug-likeness (QED) is 0.464. The lowest BCUT2D eigenvalue weighted by molar-refractivity contribution is -0.149. The fourth-order valence-electron chi connectivity index (χ4n) is 3.70. The molecule has 160 valence electrons. The van der Waals surface area contributed by atoms with Crippen molar-refractivity contribution in [3.05, 3.63) is 69.6 Å². The summed E-state index contributed by atoms with van der Waals surface area (Å²) < 4.78 is 15.8. The van der Waals surface area contributed by atoms with E-state index in [9.17, 15) is 14.4 Å². The van der Waals surface area contributed by atoms with Gasteiger partial charge < -0.3 is 19.2 Å². The summed E-state index contributed by atoms with van der Waals surface area (Å²) in [5.74, 6) is -0.725. The van der Waals surface area contributed by atoms with Crippen LogP contribution in [0, 0.1) is 0 Å². The van der Waals surface area contributed by atoms with Crippen molar-refractivity contribution < 1.29 is 23.5 Å². The normalized spacial score (nSPS) is 12.4. The molecule has 7 heteroatoms. The summed E-state index contributed by atoms with van der Waals surface area (Å²) in [5, 5.41) is 3.56. The van der Waals surface area contributed by atoms with E-state index >= 15 is 0 Å². The maximum atomic E-state index is 12.1. The van der Waals surface area contributed by atoms with Gasteiger partial charge in [0.15, 0.2) is 13.2 Å². The van der Waals surface area contributed by atoms with E-state index in [1.54, 1.807) is 24.3 Å². The van der Waals surface area contributed by atoms with Crippen LogP contribution in [0.4, 0.5) is 5.69 Å². The maximum absolute atomic E-state index is 12.1. The monoisotopic (exact) mass is 421 g/mol. The van der Waals surface area contributed by atoms with Gasteiger partial charge in [0.2, 0.25) is 0 Å². The van der Waals surface area contributed by atoms with Gasteiger partial charge in [0.05, 0.1) is 0 Å². The van der Waals surface area contributed by atoms with E-state index in [2.05, 4.69) is 12.2 Å². The van der Waals surface area contributed by atoms with Gasteiger partial charge in [-0.3, -0.25) is 4.79 Å². The Morgan fingerprint density at radius 3 is 2.58 bits per heavy atom. The first-order valence-corrected chi connectivity index (χ1v) is 10.3. The lowest BCUT2D eigenvalue weighted by Gasteiger charge is -2.09. The number of fused-ring (bicyclic) bond motifs is 3. The number of anilines is 1. The number of amides is 1. The number of carbonyl (C=O) groups is 2. The number of ether oxygens (including phenoxy) is 2. The summed E-state index contributed by atoms with van der Waals surface area (Å²) in [5.41, 5.74) is 3.71. The second-order valence-electron chi connectivity index (χ2n) is 7.41. The second-order valence-corrected chi connectivity index (χ2v) is 7.41. The molecular weight excluding hydrogens is 398 g/mol. The van der Waals surface area contributed by atoms with Crippen molar-refractivity contribution in [2.24, 2.45) is 0 Å². The number of esters is 1. The van der Waals surface area contributed by atoms with E-state index in [1.807, 2.05) is 18.2 Å². The van der Waals surface area contributed by atoms with E-state index in [0.29, 0.717) is 17.0 Å². The first kappa shape index (κ1) is 20.7. The third-order valence-corrected chi connectivity index (χ3v) is 5.31. The van der Waals surface area contributed by atoms with Gasteiger partial charge in [-0.05, 0) is 61.1 Å². The smallest absolute Gasteiger partial charge is 0.344 e. The zero-order valence-corrected chi connectivity index (χ0v) is 17.2. The first-order valence-electron chi connectivity index (χ1n) is 10.3. The Balaban J connectivity index is 1.29. The van der Waals surface area contributed by atoms with Crippen LogP contribution in [-0.4, -0.2) is 25.1 Å². The van der Waals surface area contributed by atoms with Crippen molar-refractivity contribution in [2.75, 3.05) is 18.5 Å². The molecule has 2 aromatic carbocycles. The SMILES string of the molecule is CCc1ccc(NC(=O)COC(=O)COc2ccc3c4c(c(=O)oc3c2)CCC4)cc1. The molecule has 0 spiro atoms. The molecule has 0 fully saturated rings. The molecule has 7 nitrogen and oxygen atoms in total. The fourth-order valence-corrected chi connectivity index (χ4v) is 3.70. The second kappa shape index (κ2) is 9.04. The predicted molar refractivity (Wildman–Crippen MR) is 115 cm³/mol. The number of hydrogen-bond donors (Lipinski definition) is 1. The van der Waals surface area contributed by atoms with Crippen LogP contribution in [0.3, 0.4) is 0 Å². The van der Waals surface area contributed by atoms with E-state index < -0.39 is 18.5 Å². The molecule has 3 aromatic rings. The topological polar surface area (TPSA) is 94.8 Å². The Kier molecular flexibility index (Phi) is 6.02. The lowest BCUT2D eigenvalue weighted by atomic mass is 10.1. The number of aryl methyl sites for hydroxylation is 2. The zero-order valence-electron chi connectivity index (χ0n) is 17.2. The molecule has 0 saturated heterocycles. The van der Waals surface area contributed by atoms with Crippen molar-refractivity contribution >= 4 is 28.5 Å². The van der Waals surface area contributed by atoms with Crippen LogP contribution in [0.5, 0.6) is 5.75 Å². The minimum atomic E-state index is -0.674. The van der Waals surface area contributed by atoms with Crippen molar-refractivity contribution in [3.8, 4) is 5.75 Å². The molecule has 1 aromatic heterocycles. The van der Waals surface area contributed by atoms with Gasteiger partial charge in [0.1, 0.15) is 11.3 Å². The molecule has 0 radical (unpaired) electrons. The Morgan fingerprint density at radius 1 is 1.03 bits per heavy atom. The molecular formula is C24H23NO6. The van der Waals surface area contributed by atoms with Crippen molar-refractivity contribution in [3.63, 3.8) is 0 Å². The molecule has 0 bridgehead atoms. The number of nitrogens with one attached hydrogen (secondary N) is 1. The molecule has 0 unspecified atom stereocenters. The van der Waals surface area contributed by atoms with Crippen LogP contribution in [0.1, 0.15) is 30.0 Å². The number of hydrogen-bond acceptors (Lipinski definition) is 6. The van der Waals surface area contributed by atoms with Gasteiger partial charge >= 0.3 is 11.6 Å². The predicted octanol–water partition coefficient (Wildman–Crippen LogP) is 3.40. The third kappa shape index (κ3) is 4.77. The standard InChI is InChI=1S/C24H23NO6/c1-2-15-6-8-16(9-7-15)25-22(26)13-30-23(27)14-29-17-10-11-19-18-4-3-5-20(18)24(28)31-21(19)12-17/h6-12H,2-5,13-14H2,1H3,(H,25,26). The highest BCUT2D eigenvalue weighted by Crippen LogP contribution is 2.29. The van der Waals surface area contributed by atoms with Crippen LogP contribution in [0.15, 0.2) is 51.7 Å². The van der Waals surface area contributed by atoms with Crippen LogP contribution in [-0.2, 0) is 33.6 Å². The minimum absolute atomic E-state index is 0.313. The summed E-state index contributed by atoms with van der Waals surface area (Å²) in [7, 11) is 0. The molecule has 31 heavy (non-hydrogen) atoms. The zero-order chi connectivity index (χ0) is 21.8. The van der Waals surface area contributed by atoms with E-state index in [4.69, 9.17) is 13.9 Å². The molecule has 1 amide bonds. The molecule has 1 heterocycles. The van der Waals surface area contributed by atoms with Crippen LogP contribution in [0.2, 0.25) is 0 Å². The van der Waals surface area contributed by atoms with E-state index in [1.165, 1.54) is 5.56 Å². The molecule has 1 aliphatic rings. The summed E-state index contributed by atoms with van der Waals surface area (Å²) in [6, 6.07) is 12.6. The molecule has 0 atom stereocenters. The Morgan fingerprint density at radius 2 is 1.81 bits per heavy atom. The third-order valence-electron chi connectivity index (χ3n) is 5.31. The largest absolute Gasteiger partial charge is 0.482 e.